The highest BCUT2D eigenvalue weighted by atomic mass is 16.5. The number of hydrogen-bond donors (Lipinski definition) is 2. The van der Waals surface area contributed by atoms with Gasteiger partial charge in [-0.1, -0.05) is 33.6 Å². The average molecular weight is 344 g/mol. The Hall–Kier alpha value is -2.04. The molecule has 136 valence electrons. The van der Waals surface area contributed by atoms with Gasteiger partial charge in [-0.3, -0.25) is 9.59 Å². The van der Waals surface area contributed by atoms with E-state index in [0.29, 0.717) is 19.1 Å². The molecule has 1 aliphatic heterocycles. The lowest BCUT2D eigenvalue weighted by molar-refractivity contribution is -0.127. The van der Waals surface area contributed by atoms with Gasteiger partial charge < -0.3 is 15.4 Å². The summed E-state index contributed by atoms with van der Waals surface area (Å²) in [6.45, 7) is 6.06. The van der Waals surface area contributed by atoms with Crippen LogP contribution in [-0.4, -0.2) is 24.5 Å². The summed E-state index contributed by atoms with van der Waals surface area (Å²) in [7, 11) is 0. The third-order valence-electron chi connectivity index (χ3n) is 4.98. The Kier molecular flexibility index (Phi) is 5.02. The van der Waals surface area contributed by atoms with E-state index >= 15 is 0 Å². The van der Waals surface area contributed by atoms with Crippen molar-refractivity contribution in [3.63, 3.8) is 0 Å². The van der Waals surface area contributed by atoms with Crippen molar-refractivity contribution >= 4 is 17.5 Å². The molecule has 5 heteroatoms. The van der Waals surface area contributed by atoms with Crippen LogP contribution in [0.1, 0.15) is 52.0 Å². The third kappa shape index (κ3) is 4.33. The molecule has 1 aromatic rings. The highest BCUT2D eigenvalue weighted by Gasteiger charge is 2.29. The average Bonchev–Trinajstić information content (AvgIpc) is 3.06. The van der Waals surface area contributed by atoms with Gasteiger partial charge in [0.25, 0.3) is 0 Å². The fourth-order valence-electron chi connectivity index (χ4n) is 3.35. The summed E-state index contributed by atoms with van der Waals surface area (Å²) in [5.41, 5.74) is 1.28. The van der Waals surface area contributed by atoms with Crippen LogP contribution in [0, 0.1) is 11.3 Å². The predicted octanol–water partition coefficient (Wildman–Crippen LogP) is 3.28. The van der Waals surface area contributed by atoms with Crippen LogP contribution in [0.3, 0.4) is 0 Å². The molecule has 1 unspecified atom stereocenters. The molecule has 2 amide bonds. The number of rotatable bonds is 3. The molecule has 0 bridgehead atoms. The van der Waals surface area contributed by atoms with Crippen molar-refractivity contribution in [2.75, 3.05) is 11.9 Å². The van der Waals surface area contributed by atoms with Crippen LogP contribution in [0.25, 0.3) is 0 Å². The topological polar surface area (TPSA) is 67.4 Å². The zero-order chi connectivity index (χ0) is 18.0. The number of carbonyl (C=O) groups excluding carboxylic acids is 2. The first-order valence-corrected chi connectivity index (χ1v) is 9.20. The van der Waals surface area contributed by atoms with Gasteiger partial charge in [0.15, 0.2) is 0 Å². The van der Waals surface area contributed by atoms with E-state index in [2.05, 4.69) is 10.6 Å². The number of amides is 2. The SMILES string of the molecule is CC(C)(C)C(=O)Nc1ccc2c(c1)CC(C(=O)NC1CCCC1)CO2. The lowest BCUT2D eigenvalue weighted by Gasteiger charge is -2.26. The molecule has 1 saturated carbocycles. The predicted molar refractivity (Wildman–Crippen MR) is 97.6 cm³/mol. The smallest absolute Gasteiger partial charge is 0.229 e. The van der Waals surface area contributed by atoms with E-state index in [1.165, 1.54) is 12.8 Å². The van der Waals surface area contributed by atoms with Crippen molar-refractivity contribution in [1.29, 1.82) is 0 Å². The fourth-order valence-corrected chi connectivity index (χ4v) is 3.35. The first-order chi connectivity index (χ1) is 11.8. The van der Waals surface area contributed by atoms with E-state index in [4.69, 9.17) is 4.74 Å². The Morgan fingerprint density at radius 1 is 1.16 bits per heavy atom. The molecular weight excluding hydrogens is 316 g/mol. The second kappa shape index (κ2) is 7.06. The van der Waals surface area contributed by atoms with Crippen molar-refractivity contribution in [2.24, 2.45) is 11.3 Å². The number of fused-ring (bicyclic) bond motifs is 1. The molecule has 0 radical (unpaired) electrons. The largest absolute Gasteiger partial charge is 0.492 e. The number of hydrogen-bond acceptors (Lipinski definition) is 3. The maximum absolute atomic E-state index is 12.5. The zero-order valence-electron chi connectivity index (χ0n) is 15.4. The van der Waals surface area contributed by atoms with Crippen LogP contribution in [0.5, 0.6) is 5.75 Å². The minimum absolute atomic E-state index is 0.0281. The maximum Gasteiger partial charge on any atom is 0.229 e. The van der Waals surface area contributed by atoms with Gasteiger partial charge in [0.1, 0.15) is 12.4 Å². The van der Waals surface area contributed by atoms with E-state index in [0.717, 1.165) is 29.8 Å². The van der Waals surface area contributed by atoms with E-state index in [-0.39, 0.29) is 17.7 Å². The summed E-state index contributed by atoms with van der Waals surface area (Å²) in [5, 5.41) is 6.10. The highest BCUT2D eigenvalue weighted by molar-refractivity contribution is 5.94. The molecule has 0 aromatic heterocycles. The van der Waals surface area contributed by atoms with Crippen molar-refractivity contribution in [3.8, 4) is 5.75 Å². The first kappa shape index (κ1) is 17.8. The van der Waals surface area contributed by atoms with Crippen LogP contribution >= 0.6 is 0 Å². The molecule has 1 atom stereocenters. The molecule has 25 heavy (non-hydrogen) atoms. The van der Waals surface area contributed by atoms with Gasteiger partial charge in [-0.2, -0.15) is 0 Å². The molecule has 1 aliphatic carbocycles. The number of carbonyl (C=O) groups is 2. The second-order valence-corrected chi connectivity index (χ2v) is 8.23. The molecule has 2 N–H and O–H groups in total. The number of ether oxygens (including phenoxy) is 1. The Morgan fingerprint density at radius 3 is 2.56 bits per heavy atom. The molecule has 3 rings (SSSR count). The van der Waals surface area contributed by atoms with E-state index in [9.17, 15) is 9.59 Å². The van der Waals surface area contributed by atoms with Crippen LogP contribution in [0.4, 0.5) is 5.69 Å². The van der Waals surface area contributed by atoms with Crippen LogP contribution in [0.2, 0.25) is 0 Å². The normalized spacial score (nSPS) is 20.5. The van der Waals surface area contributed by atoms with Crippen LogP contribution in [0.15, 0.2) is 18.2 Å². The summed E-state index contributed by atoms with van der Waals surface area (Å²) in [6.07, 6.45) is 5.21. The monoisotopic (exact) mass is 344 g/mol. The minimum Gasteiger partial charge on any atom is -0.492 e. The fraction of sp³-hybridized carbons (Fsp3) is 0.600. The first-order valence-electron chi connectivity index (χ1n) is 9.20. The lowest BCUT2D eigenvalue weighted by Crippen LogP contribution is -2.41. The maximum atomic E-state index is 12.5. The van der Waals surface area contributed by atoms with Gasteiger partial charge in [0.2, 0.25) is 11.8 Å². The van der Waals surface area contributed by atoms with Crippen LogP contribution < -0.4 is 15.4 Å². The second-order valence-electron chi connectivity index (χ2n) is 8.23. The van der Waals surface area contributed by atoms with Gasteiger partial charge in [-0.05, 0) is 43.0 Å². The highest BCUT2D eigenvalue weighted by Crippen LogP contribution is 2.31. The van der Waals surface area contributed by atoms with Gasteiger partial charge >= 0.3 is 0 Å². The summed E-state index contributed by atoms with van der Waals surface area (Å²) in [6, 6.07) is 5.97. The number of anilines is 1. The Morgan fingerprint density at radius 2 is 1.88 bits per heavy atom. The molecule has 2 aliphatic rings. The summed E-state index contributed by atoms with van der Waals surface area (Å²) >= 11 is 0. The van der Waals surface area contributed by atoms with E-state index < -0.39 is 5.41 Å². The van der Waals surface area contributed by atoms with Gasteiger partial charge in [0, 0.05) is 17.1 Å². The van der Waals surface area contributed by atoms with Crippen molar-refractivity contribution in [1.82, 2.24) is 5.32 Å². The summed E-state index contributed by atoms with van der Waals surface area (Å²) in [4.78, 5) is 24.7. The Bertz CT molecular complexity index is 657. The standard InChI is InChI=1S/C20H28N2O3/c1-20(2,3)19(24)22-16-8-9-17-13(11-16)10-14(12-25-17)18(23)21-15-6-4-5-7-15/h8-9,11,14-15H,4-7,10,12H2,1-3H3,(H,21,23)(H,22,24). The molecular formula is C20H28N2O3. The summed E-state index contributed by atoms with van der Waals surface area (Å²) in [5.74, 6) is 0.696. The molecule has 0 spiro atoms. The van der Waals surface area contributed by atoms with Crippen molar-refractivity contribution in [3.05, 3.63) is 23.8 Å². The molecule has 1 aromatic carbocycles. The Labute approximate surface area is 149 Å². The van der Waals surface area contributed by atoms with Gasteiger partial charge in [-0.25, -0.2) is 0 Å². The Balaban J connectivity index is 1.66. The minimum atomic E-state index is -0.448. The molecule has 5 nitrogen and oxygen atoms in total. The molecule has 1 fully saturated rings. The zero-order valence-corrected chi connectivity index (χ0v) is 15.4. The number of nitrogens with one attached hydrogen (secondary N) is 2. The van der Waals surface area contributed by atoms with Gasteiger partial charge in [-0.15, -0.1) is 0 Å². The molecule has 1 heterocycles. The van der Waals surface area contributed by atoms with Gasteiger partial charge in [0.05, 0.1) is 5.92 Å². The third-order valence-corrected chi connectivity index (χ3v) is 4.98. The lowest BCUT2D eigenvalue weighted by atomic mass is 9.94. The quantitative estimate of drug-likeness (QED) is 0.884. The van der Waals surface area contributed by atoms with Crippen molar-refractivity contribution in [2.45, 2.75) is 58.9 Å². The van der Waals surface area contributed by atoms with Crippen LogP contribution in [-0.2, 0) is 16.0 Å². The van der Waals surface area contributed by atoms with E-state index in [1.807, 2.05) is 39.0 Å². The summed E-state index contributed by atoms with van der Waals surface area (Å²) < 4.78 is 5.78. The number of benzene rings is 1. The molecule has 0 saturated heterocycles. The van der Waals surface area contributed by atoms with E-state index in [1.54, 1.807) is 0 Å². The van der Waals surface area contributed by atoms with Crippen molar-refractivity contribution < 1.29 is 14.3 Å².